The minimum Gasteiger partial charge on any atom is -0.369 e. The zero-order valence-corrected chi connectivity index (χ0v) is 19.1. The first-order valence-electron chi connectivity index (χ1n) is 11.0. The smallest absolute Gasteiger partial charge is 0.251 e. The lowest BCUT2D eigenvalue weighted by Crippen LogP contribution is -2.49. The van der Waals surface area contributed by atoms with E-state index in [0.717, 1.165) is 16.5 Å². The van der Waals surface area contributed by atoms with Gasteiger partial charge in [-0.3, -0.25) is 4.79 Å². The number of sulfonamides is 1. The van der Waals surface area contributed by atoms with E-state index >= 15 is 0 Å². The second-order valence-corrected chi connectivity index (χ2v) is 10.3. The maximum absolute atomic E-state index is 12.8. The fraction of sp³-hybridized carbons (Fsp3) is 0.320. The molecule has 0 spiro atoms. The number of hydrogen-bond acceptors (Lipinski definition) is 4. The van der Waals surface area contributed by atoms with E-state index in [-0.39, 0.29) is 11.7 Å². The first kappa shape index (κ1) is 22.3. The van der Waals surface area contributed by atoms with E-state index < -0.39 is 10.0 Å². The van der Waals surface area contributed by atoms with Crippen LogP contribution in [0.25, 0.3) is 10.8 Å². The zero-order valence-electron chi connectivity index (χ0n) is 18.3. The Balaban J connectivity index is 1.26. The quantitative estimate of drug-likeness (QED) is 0.559. The van der Waals surface area contributed by atoms with E-state index in [1.54, 1.807) is 10.4 Å². The van der Waals surface area contributed by atoms with E-state index in [0.29, 0.717) is 44.7 Å². The molecule has 1 heterocycles. The minimum atomic E-state index is -3.34. The molecule has 1 fully saturated rings. The van der Waals surface area contributed by atoms with Crippen LogP contribution in [0.15, 0.2) is 66.7 Å². The lowest BCUT2D eigenvalue weighted by atomic mass is 10.0. The van der Waals surface area contributed by atoms with E-state index in [2.05, 4.69) is 35.3 Å². The summed E-state index contributed by atoms with van der Waals surface area (Å²) in [6.07, 6.45) is 0.386. The highest BCUT2D eigenvalue weighted by molar-refractivity contribution is 7.89. The van der Waals surface area contributed by atoms with Crippen LogP contribution in [-0.4, -0.2) is 57.1 Å². The molecule has 0 radical (unpaired) electrons. The highest BCUT2D eigenvalue weighted by atomic mass is 32.2. The van der Waals surface area contributed by atoms with E-state index in [4.69, 9.17) is 0 Å². The van der Waals surface area contributed by atoms with Gasteiger partial charge in [-0.05, 0) is 47.9 Å². The molecule has 3 aromatic rings. The van der Waals surface area contributed by atoms with Crippen LogP contribution in [0.1, 0.15) is 22.3 Å². The molecule has 6 nitrogen and oxygen atoms in total. The molecule has 3 aromatic carbocycles. The average Bonchev–Trinajstić information content (AvgIpc) is 2.81. The van der Waals surface area contributed by atoms with Crippen LogP contribution in [0.4, 0.5) is 5.69 Å². The number of amides is 1. The van der Waals surface area contributed by atoms with Crippen LogP contribution < -0.4 is 10.2 Å². The monoisotopic (exact) mass is 451 g/mol. The highest BCUT2D eigenvalue weighted by Gasteiger charge is 2.26. The molecule has 1 aliphatic rings. The highest BCUT2D eigenvalue weighted by Crippen LogP contribution is 2.20. The third kappa shape index (κ3) is 5.11. The summed E-state index contributed by atoms with van der Waals surface area (Å²) < 4.78 is 27.1. The number of carbonyl (C=O) groups excluding carboxylic acids is 1. The molecule has 4 rings (SSSR count). The lowest BCUT2D eigenvalue weighted by Gasteiger charge is -2.35. The van der Waals surface area contributed by atoms with Crippen LogP contribution in [0.5, 0.6) is 0 Å². The van der Waals surface area contributed by atoms with Gasteiger partial charge in [0.1, 0.15) is 0 Å². The third-order valence-corrected chi connectivity index (χ3v) is 7.85. The summed E-state index contributed by atoms with van der Waals surface area (Å²) in [5.74, 6) is -0.140. The Kier molecular flexibility index (Phi) is 6.77. The molecule has 0 unspecified atom stereocenters. The Labute approximate surface area is 189 Å². The molecule has 1 amide bonds. The molecule has 0 aromatic heterocycles. The first-order valence-corrected chi connectivity index (χ1v) is 12.6. The molecule has 0 bridgehead atoms. The van der Waals surface area contributed by atoms with E-state index in [9.17, 15) is 13.2 Å². The summed E-state index contributed by atoms with van der Waals surface area (Å²) in [6, 6.07) is 21.6. The summed E-state index contributed by atoms with van der Waals surface area (Å²) >= 11 is 0. The molecule has 32 heavy (non-hydrogen) atoms. The molecular weight excluding hydrogens is 422 g/mol. The van der Waals surface area contributed by atoms with Crippen molar-refractivity contribution in [2.75, 3.05) is 43.4 Å². The summed E-state index contributed by atoms with van der Waals surface area (Å²) in [5.41, 5.74) is 2.94. The summed E-state index contributed by atoms with van der Waals surface area (Å²) in [4.78, 5) is 14.8. The second-order valence-electron chi connectivity index (χ2n) is 8.18. The summed E-state index contributed by atoms with van der Waals surface area (Å²) in [7, 11) is -3.34. The molecule has 1 aliphatic heterocycles. The number of benzene rings is 3. The molecule has 0 aliphatic carbocycles. The number of aryl methyl sites for hydroxylation is 1. The van der Waals surface area contributed by atoms with Crippen molar-refractivity contribution < 1.29 is 13.2 Å². The fourth-order valence-electron chi connectivity index (χ4n) is 4.15. The number of carbonyl (C=O) groups is 1. The van der Waals surface area contributed by atoms with Gasteiger partial charge in [-0.2, -0.15) is 4.31 Å². The number of fused-ring (bicyclic) bond motifs is 1. The van der Waals surface area contributed by atoms with Gasteiger partial charge in [-0.25, -0.2) is 8.42 Å². The number of nitrogens with zero attached hydrogens (tertiary/aromatic N) is 2. The summed E-state index contributed by atoms with van der Waals surface area (Å²) in [5, 5.41) is 4.77. The minimum absolute atomic E-state index is 0.0350. The van der Waals surface area contributed by atoms with Gasteiger partial charge in [0, 0.05) is 44.0 Å². The number of anilines is 1. The fourth-order valence-corrected chi connectivity index (χ4v) is 5.64. The molecule has 1 N–H and O–H groups in total. The Bertz CT molecular complexity index is 1200. The van der Waals surface area contributed by atoms with Crippen molar-refractivity contribution in [3.8, 4) is 0 Å². The van der Waals surface area contributed by atoms with Crippen LogP contribution in [-0.2, 0) is 10.0 Å². The van der Waals surface area contributed by atoms with Crippen LogP contribution in [0.2, 0.25) is 0 Å². The Morgan fingerprint density at radius 2 is 1.66 bits per heavy atom. The van der Waals surface area contributed by atoms with E-state index in [1.165, 1.54) is 5.56 Å². The molecule has 1 saturated heterocycles. The van der Waals surface area contributed by atoms with Gasteiger partial charge in [-0.1, -0.05) is 48.5 Å². The van der Waals surface area contributed by atoms with Crippen molar-refractivity contribution in [1.82, 2.24) is 9.62 Å². The second kappa shape index (κ2) is 9.71. The Morgan fingerprint density at radius 3 is 2.44 bits per heavy atom. The van der Waals surface area contributed by atoms with E-state index in [1.807, 2.05) is 42.5 Å². The Morgan fingerprint density at radius 1 is 0.938 bits per heavy atom. The predicted molar refractivity (Wildman–Crippen MR) is 130 cm³/mol. The van der Waals surface area contributed by atoms with Crippen molar-refractivity contribution in [1.29, 1.82) is 0 Å². The molecular formula is C25H29N3O3S. The van der Waals surface area contributed by atoms with Gasteiger partial charge in [0.2, 0.25) is 10.0 Å². The predicted octanol–water partition coefficient (Wildman–Crippen LogP) is 3.42. The van der Waals surface area contributed by atoms with Crippen LogP contribution in [0, 0.1) is 6.92 Å². The van der Waals surface area contributed by atoms with Crippen molar-refractivity contribution in [3.63, 3.8) is 0 Å². The maximum Gasteiger partial charge on any atom is 0.251 e. The molecule has 0 saturated carbocycles. The number of nitrogens with one attached hydrogen (secondary N) is 1. The molecule has 7 heteroatoms. The maximum atomic E-state index is 12.8. The summed E-state index contributed by atoms with van der Waals surface area (Å²) in [6.45, 7) is 4.71. The zero-order chi connectivity index (χ0) is 22.6. The van der Waals surface area contributed by atoms with Crippen molar-refractivity contribution in [2.45, 2.75) is 13.3 Å². The number of rotatable bonds is 7. The molecule has 0 atom stereocenters. The van der Waals surface area contributed by atoms with Crippen molar-refractivity contribution in [3.05, 3.63) is 77.9 Å². The van der Waals surface area contributed by atoms with Gasteiger partial charge < -0.3 is 10.2 Å². The molecule has 168 valence electrons. The normalized spacial score (nSPS) is 15.1. The van der Waals surface area contributed by atoms with Gasteiger partial charge in [-0.15, -0.1) is 0 Å². The Hall–Kier alpha value is -2.90. The van der Waals surface area contributed by atoms with Crippen LogP contribution >= 0.6 is 0 Å². The van der Waals surface area contributed by atoms with Crippen molar-refractivity contribution in [2.24, 2.45) is 0 Å². The topological polar surface area (TPSA) is 69.7 Å². The van der Waals surface area contributed by atoms with Gasteiger partial charge >= 0.3 is 0 Å². The average molecular weight is 452 g/mol. The van der Waals surface area contributed by atoms with Gasteiger partial charge in [0.15, 0.2) is 0 Å². The third-order valence-electron chi connectivity index (χ3n) is 5.90. The van der Waals surface area contributed by atoms with Gasteiger partial charge in [0.25, 0.3) is 5.91 Å². The van der Waals surface area contributed by atoms with Gasteiger partial charge in [0.05, 0.1) is 5.75 Å². The number of hydrogen-bond donors (Lipinski definition) is 1. The van der Waals surface area contributed by atoms with Crippen LogP contribution in [0.3, 0.4) is 0 Å². The SMILES string of the molecule is Cc1cccc(N2CCN(S(=O)(=O)CCCNC(=O)c3cccc4ccccc34)CC2)c1. The number of piperazine rings is 1. The largest absolute Gasteiger partial charge is 0.369 e. The lowest BCUT2D eigenvalue weighted by molar-refractivity contribution is 0.0955. The first-order chi connectivity index (χ1) is 15.4. The standard InChI is InChI=1S/C25H29N3O3S/c1-20-7-4-10-22(19-20)27-14-16-28(17-15-27)32(30,31)18-6-13-26-25(29)24-12-5-9-21-8-2-3-11-23(21)24/h2-5,7-12,19H,6,13-18H2,1H3,(H,26,29). The van der Waals surface area contributed by atoms with Crippen molar-refractivity contribution >= 4 is 32.4 Å².